The van der Waals surface area contributed by atoms with Crippen molar-refractivity contribution in [1.82, 2.24) is 24.7 Å². The van der Waals surface area contributed by atoms with E-state index in [2.05, 4.69) is 28.2 Å². The van der Waals surface area contributed by atoms with Gasteiger partial charge in [0, 0.05) is 48.8 Å². The summed E-state index contributed by atoms with van der Waals surface area (Å²) in [7, 11) is -8.47. The molecule has 0 aliphatic heterocycles. The minimum atomic E-state index is -4.46. The third-order valence-electron chi connectivity index (χ3n) is 12.5. The summed E-state index contributed by atoms with van der Waals surface area (Å²) in [6, 6.07) is 23.6. The Morgan fingerprint density at radius 3 is 1.81 bits per heavy atom. The van der Waals surface area contributed by atoms with Crippen LogP contribution < -0.4 is 89.4 Å². The number of benzene rings is 5. The predicted molar refractivity (Wildman–Crippen MR) is 297 cm³/mol. The molecule has 0 saturated heterocycles. The van der Waals surface area contributed by atoms with Gasteiger partial charge < -0.3 is 25.1 Å². The van der Waals surface area contributed by atoms with Gasteiger partial charge in [-0.1, -0.05) is 78.8 Å². The maximum atomic E-state index is 13.7. The Morgan fingerprint density at radius 1 is 0.716 bits per heavy atom. The maximum absolute atomic E-state index is 13.7. The number of rotatable bonds is 14. The van der Waals surface area contributed by atoms with E-state index in [1.54, 1.807) is 6.07 Å². The van der Waals surface area contributed by atoms with Crippen molar-refractivity contribution < 1.29 is 133 Å². The molecular formula is C54H48ArN12Na2O8S4. The van der Waals surface area contributed by atoms with Crippen molar-refractivity contribution in [2.45, 2.75) is 84.4 Å². The maximum Gasteiger partial charge on any atom is 1.00 e. The molecule has 27 heteroatoms. The van der Waals surface area contributed by atoms with Crippen LogP contribution in [0.5, 0.6) is 0 Å². The van der Waals surface area contributed by atoms with Gasteiger partial charge in [-0.3, -0.25) is 9.62 Å². The van der Waals surface area contributed by atoms with Crippen LogP contribution in [0.2, 0.25) is 0 Å². The molecule has 0 radical (unpaired) electrons. The van der Waals surface area contributed by atoms with E-state index >= 15 is 0 Å². The topological polar surface area (TPSA) is 307 Å². The van der Waals surface area contributed by atoms with Crippen molar-refractivity contribution >= 4 is 120 Å². The second kappa shape index (κ2) is 24.9. The number of azo groups is 1. The zero-order chi connectivity index (χ0) is 56.5. The molecule has 0 aliphatic carbocycles. The number of hydrogen-bond acceptors (Lipinski definition) is 19. The number of nitrogens with zero attached hydrogens (tertiary/aromatic N) is 9. The van der Waals surface area contributed by atoms with E-state index in [9.17, 15) is 41.9 Å². The van der Waals surface area contributed by atoms with Gasteiger partial charge in [-0.25, -0.2) is 36.9 Å². The first-order valence-electron chi connectivity index (χ1n) is 23.7. The molecule has 81 heavy (non-hydrogen) atoms. The number of nitriles is 1. The van der Waals surface area contributed by atoms with E-state index < -0.39 is 48.5 Å². The number of hydrogen-bond donors (Lipinski definition) is 3. The van der Waals surface area contributed by atoms with E-state index in [1.807, 2.05) is 92.3 Å². The molecule has 0 spiro atoms. The predicted octanol–water partition coefficient (Wildman–Crippen LogP) is 3.63. The zero-order valence-electron chi connectivity index (χ0n) is 45.9. The molecule has 4 heterocycles. The Kier molecular flexibility index (Phi) is 20.0. The minimum Gasteiger partial charge on any atom is -0.545 e. The number of fused-ring (bicyclic) bond motifs is 2. The van der Waals surface area contributed by atoms with Crippen LogP contribution in [0, 0.1) is 97.5 Å². The molecule has 4 aromatic heterocycles. The summed E-state index contributed by atoms with van der Waals surface area (Å²) >= 11 is 2.31. The second-order valence-electron chi connectivity index (χ2n) is 19.8. The van der Waals surface area contributed by atoms with Crippen LogP contribution in [-0.4, -0.2) is 53.5 Å². The molecule has 9 rings (SSSR count). The van der Waals surface area contributed by atoms with Crippen molar-refractivity contribution in [2.24, 2.45) is 15.4 Å². The van der Waals surface area contributed by atoms with Crippen LogP contribution in [0.25, 0.3) is 25.6 Å². The fourth-order valence-electron chi connectivity index (χ4n) is 9.12. The first kappa shape index (κ1) is 65.0. The summed E-state index contributed by atoms with van der Waals surface area (Å²) in [6.07, 6.45) is 0. The van der Waals surface area contributed by atoms with Gasteiger partial charge in [-0.2, -0.15) is 15.0 Å². The van der Waals surface area contributed by atoms with E-state index in [1.165, 1.54) is 46.4 Å². The van der Waals surface area contributed by atoms with Gasteiger partial charge in [-0.05, 0) is 148 Å². The molecule has 20 nitrogen and oxygen atoms in total. The monoisotopic (exact) mass is 1210 g/mol. The number of thiazole rings is 2. The third-order valence-corrected chi connectivity index (χ3v) is 16.8. The minimum absolute atomic E-state index is 0. The largest absolute Gasteiger partial charge is 1.00 e. The van der Waals surface area contributed by atoms with Crippen LogP contribution >= 0.6 is 22.7 Å². The average molecular weight is 1210 g/mol. The van der Waals surface area contributed by atoms with Crippen LogP contribution in [0.1, 0.15) is 91.7 Å². The van der Waals surface area contributed by atoms with Crippen LogP contribution in [-0.2, 0) is 25.5 Å². The fourth-order valence-corrected chi connectivity index (χ4v) is 12.9. The average Bonchev–Trinajstić information content (AvgIpc) is 4.08. The Bertz CT molecular complexity index is 4260. The van der Waals surface area contributed by atoms with Gasteiger partial charge in [0.15, 0.2) is 16.8 Å². The molecule has 9 aromatic rings. The Balaban J connectivity index is 0.00000352. The summed E-state index contributed by atoms with van der Waals surface area (Å²) in [6.45, 7) is 19.5. The molecule has 0 fully saturated rings. The summed E-state index contributed by atoms with van der Waals surface area (Å²) in [5, 5.41) is 58.4. The standard InChI is InChI=1S/C54H50N12O8S4.Ar.2Na/c1-26-15-28(3)44(29(4)16-26)60-48-45(30(5)19-43(59-48)65(46-31(6)17-27(2)18-32(46)7)52-57-39-13-11-36(77(56,71)72)23-41(39)75-52)61-62-49-38(25-55)47(54(8,9)10)63-66(49)53-58-40-14-12-37(24-42(40)76-53)78(73,74)64-35-21-33(50(67)68)20-34(22-35)51(69)70;;;/h11-24,64H,1-10H3,(H,59,60)(H,67,68)(H,69,70)(H2,56,71,72);;;/q;;2*+1/p-2. The summed E-state index contributed by atoms with van der Waals surface area (Å²) in [5.41, 5.74) is 7.44. The second-order valence-corrected chi connectivity index (χ2v) is 25.0. The van der Waals surface area contributed by atoms with Crippen molar-refractivity contribution in [3.8, 4) is 11.2 Å². The van der Waals surface area contributed by atoms with Gasteiger partial charge in [0.05, 0.1) is 59.2 Å². The number of aromatic nitrogens is 5. The fraction of sp³-hybridized carbons (Fsp3) is 0.204. The van der Waals surface area contributed by atoms with Crippen molar-refractivity contribution in [1.29, 1.82) is 5.26 Å². The molecule has 0 saturated carbocycles. The smallest absolute Gasteiger partial charge is 0.545 e. The van der Waals surface area contributed by atoms with Crippen LogP contribution in [0.15, 0.2) is 105 Å². The number of carbonyl (C=O) groups is 2. The number of carbonyl (C=O) groups excluding carboxylic acids is 2. The van der Waals surface area contributed by atoms with Crippen molar-refractivity contribution in [3.63, 3.8) is 0 Å². The molecular weight excluding hydrogens is 1160 g/mol. The van der Waals surface area contributed by atoms with Gasteiger partial charge in [0.2, 0.25) is 15.2 Å². The van der Waals surface area contributed by atoms with E-state index in [0.717, 1.165) is 74.3 Å². The molecule has 0 atom stereocenters. The van der Waals surface area contributed by atoms with Crippen LogP contribution in [0.3, 0.4) is 0 Å². The first-order chi connectivity index (χ1) is 36.6. The number of anilines is 6. The molecule has 0 amide bonds. The summed E-state index contributed by atoms with van der Waals surface area (Å²) in [5.74, 6) is -2.70. The van der Waals surface area contributed by atoms with Crippen molar-refractivity contribution in [3.05, 3.63) is 146 Å². The third kappa shape index (κ3) is 13.6. The van der Waals surface area contributed by atoms with E-state index in [4.69, 9.17) is 35.4 Å². The molecule has 0 unspecified atom stereocenters. The molecule has 406 valence electrons. The molecule has 0 bridgehead atoms. The van der Waals surface area contributed by atoms with E-state index in [-0.39, 0.29) is 129 Å². The number of carboxylic acids is 2. The number of aromatic carboxylic acids is 2. The number of nitrogens with two attached hydrogens (primary N) is 1. The van der Waals surface area contributed by atoms with Gasteiger partial charge >= 0.3 is 59.1 Å². The number of aryl methyl sites for hydroxylation is 7. The van der Waals surface area contributed by atoms with Gasteiger partial charge in [-0.15, -0.1) is 10.2 Å². The summed E-state index contributed by atoms with van der Waals surface area (Å²) < 4.78 is 56.9. The van der Waals surface area contributed by atoms with Gasteiger partial charge in [0.25, 0.3) is 10.0 Å². The molecule has 5 aromatic carbocycles. The number of pyridine rings is 1. The first-order valence-corrected chi connectivity index (χ1v) is 28.4. The van der Waals surface area contributed by atoms with Crippen molar-refractivity contribution in [2.75, 3.05) is 14.9 Å². The number of sulfonamides is 2. The van der Waals surface area contributed by atoms with Crippen LogP contribution in [0.4, 0.5) is 45.3 Å². The summed E-state index contributed by atoms with van der Waals surface area (Å²) in [4.78, 5) is 40.0. The molecule has 4 N–H and O–H groups in total. The van der Waals surface area contributed by atoms with Gasteiger partial charge in [0.1, 0.15) is 23.1 Å². The quantitative estimate of drug-likeness (QED) is 0.103. The number of primary sulfonamides is 1. The normalized spacial score (nSPS) is 11.7. The number of carboxylic acid groups (broad SMARTS) is 2. The Morgan fingerprint density at radius 2 is 1.26 bits per heavy atom. The Labute approximate surface area is 549 Å². The van der Waals surface area contributed by atoms with E-state index in [0.29, 0.717) is 54.1 Å². The zero-order valence-corrected chi connectivity index (χ0v) is 53.9. The molecule has 0 aliphatic rings. The Hall–Kier alpha value is -5.21. The number of nitrogens with one attached hydrogen (secondary N) is 2. The SMILES string of the molecule is Cc1cc(C)c(Nc2nc(N(c3nc4ccc(S(N)(=O)=O)cc4s3)c3c(C)cc(C)cc3C)cc(C)c2N=Nc2c(C#N)c(C(C)(C)C)nn2-c2nc3ccc(S(=O)(=O)Nc4cc(C(=O)[O-])cc(C(=O)[O-])c4)cc3s2)c(C)c1.[Ar].[Na+].[Na+].